The number of nitrogens with zero attached hydrogens (tertiary/aromatic N) is 3. The first kappa shape index (κ1) is 16.9. The minimum absolute atomic E-state index is 0.0304. The molecule has 2 N–H and O–H groups in total. The summed E-state index contributed by atoms with van der Waals surface area (Å²) in [5.41, 5.74) is 0.707. The quantitative estimate of drug-likeness (QED) is 0.870. The molecule has 0 saturated carbocycles. The van der Waals surface area contributed by atoms with Crippen molar-refractivity contribution in [3.8, 4) is 5.88 Å². The predicted octanol–water partition coefficient (Wildman–Crippen LogP) is 1.65. The Bertz CT molecular complexity index is 846. The van der Waals surface area contributed by atoms with E-state index >= 15 is 0 Å². The number of methoxy groups -OCH3 is 1. The van der Waals surface area contributed by atoms with Crippen molar-refractivity contribution in [2.24, 2.45) is 0 Å². The molecule has 2 aromatic rings. The van der Waals surface area contributed by atoms with Gasteiger partial charge in [-0.15, -0.1) is 0 Å². The molecule has 1 aliphatic rings. The largest absolute Gasteiger partial charge is 0.479 e. The lowest BCUT2D eigenvalue weighted by Gasteiger charge is -2.39. The van der Waals surface area contributed by atoms with Gasteiger partial charge in [-0.1, -0.05) is 0 Å². The summed E-state index contributed by atoms with van der Waals surface area (Å²) in [4.78, 5) is 10.7. The number of anilines is 1. The molecule has 3 heterocycles. The highest BCUT2D eigenvalue weighted by atomic mass is 32.2. The lowest BCUT2D eigenvalue weighted by molar-refractivity contribution is 0.0390. The number of ether oxygens (including phenoxy) is 1. The van der Waals surface area contributed by atoms with Crippen LogP contribution in [0.4, 0.5) is 5.69 Å². The zero-order valence-corrected chi connectivity index (χ0v) is 14.7. The molecule has 0 spiro atoms. The van der Waals surface area contributed by atoms with Gasteiger partial charge < -0.3 is 14.7 Å². The van der Waals surface area contributed by atoms with Gasteiger partial charge >= 0.3 is 0 Å². The Labute approximate surface area is 141 Å². The molecule has 1 atom stereocenters. The first-order chi connectivity index (χ1) is 11.3. The summed E-state index contributed by atoms with van der Waals surface area (Å²) in [6.07, 6.45) is 5.78. The van der Waals surface area contributed by atoms with Crippen LogP contribution >= 0.6 is 0 Å². The summed E-state index contributed by atoms with van der Waals surface area (Å²) in [7, 11) is -1.14. The number of fused-ring (bicyclic) bond motifs is 1. The Morgan fingerprint density at radius 1 is 1.33 bits per heavy atom. The van der Waals surface area contributed by atoms with E-state index in [0.717, 1.165) is 11.1 Å². The van der Waals surface area contributed by atoms with Crippen LogP contribution in [0.1, 0.15) is 12.8 Å². The second-order valence-corrected chi connectivity index (χ2v) is 8.71. The molecule has 1 fully saturated rings. The summed E-state index contributed by atoms with van der Waals surface area (Å²) in [5, 5.41) is 11.6. The highest BCUT2D eigenvalue weighted by molar-refractivity contribution is 7.91. The van der Waals surface area contributed by atoms with Crippen LogP contribution in [0.15, 0.2) is 24.5 Å². The van der Waals surface area contributed by atoms with Crippen LogP contribution in [0, 0.1) is 4.78 Å². The maximum Gasteiger partial charge on any atom is 0.240 e. The third-order valence-electron chi connectivity index (χ3n) is 4.37. The topological polar surface area (TPSA) is 99.4 Å². The average Bonchev–Trinajstić information content (AvgIpc) is 2.52. The Morgan fingerprint density at radius 3 is 2.62 bits per heavy atom. The summed E-state index contributed by atoms with van der Waals surface area (Å²) < 4.78 is 24.6. The first-order valence-electron chi connectivity index (χ1n) is 7.78. The standard InChI is InChI=1S/C16H22N4O3S/c1-23-15-14-12(3-7-19-15)13(4-8-18-14)20-9-5-16(21,6-10-20)11-24(2,17)22/h3-4,7-8,17,21H,5-6,9-11H2,1-2H3. The van der Waals surface area contributed by atoms with Crippen LogP contribution in [0.2, 0.25) is 0 Å². The number of aliphatic hydroxyl groups is 1. The van der Waals surface area contributed by atoms with Crippen LogP contribution in [0.25, 0.3) is 10.9 Å². The number of hydrogen-bond donors (Lipinski definition) is 2. The van der Waals surface area contributed by atoms with Gasteiger partial charge in [0, 0.05) is 52.5 Å². The van der Waals surface area contributed by atoms with Crippen molar-refractivity contribution in [1.82, 2.24) is 9.97 Å². The maximum absolute atomic E-state index is 11.7. The number of pyridine rings is 2. The number of rotatable bonds is 4. The molecule has 1 unspecified atom stereocenters. The average molecular weight is 350 g/mol. The minimum atomic E-state index is -2.71. The van der Waals surface area contributed by atoms with Crippen LogP contribution in [-0.4, -0.2) is 57.1 Å². The number of aromatic nitrogens is 2. The molecule has 0 aliphatic carbocycles. The van der Waals surface area contributed by atoms with E-state index < -0.39 is 15.3 Å². The molecule has 1 saturated heterocycles. The first-order valence-corrected chi connectivity index (χ1v) is 9.91. The molecule has 3 rings (SSSR count). The molecule has 7 nitrogen and oxygen atoms in total. The third kappa shape index (κ3) is 3.44. The molecular weight excluding hydrogens is 328 g/mol. The Morgan fingerprint density at radius 2 is 2.00 bits per heavy atom. The molecule has 0 aromatic carbocycles. The van der Waals surface area contributed by atoms with E-state index in [-0.39, 0.29) is 5.75 Å². The molecule has 2 aromatic heterocycles. The Hall–Kier alpha value is -1.93. The van der Waals surface area contributed by atoms with Crippen LogP contribution in [-0.2, 0) is 9.73 Å². The number of nitrogens with one attached hydrogen (secondary N) is 1. The van der Waals surface area contributed by atoms with E-state index in [9.17, 15) is 9.32 Å². The normalized spacial score (nSPS) is 19.9. The van der Waals surface area contributed by atoms with Gasteiger partial charge in [-0.25, -0.2) is 4.98 Å². The van der Waals surface area contributed by atoms with E-state index in [1.807, 2.05) is 12.1 Å². The Balaban J connectivity index is 1.86. The van der Waals surface area contributed by atoms with Crippen LogP contribution in [0.5, 0.6) is 5.88 Å². The predicted molar refractivity (Wildman–Crippen MR) is 94.1 cm³/mol. The van der Waals surface area contributed by atoms with Gasteiger partial charge in [0.05, 0.1) is 18.5 Å². The fraction of sp³-hybridized carbons (Fsp3) is 0.500. The van der Waals surface area contributed by atoms with E-state index in [1.165, 1.54) is 6.26 Å². The second kappa shape index (κ2) is 6.18. The smallest absolute Gasteiger partial charge is 0.240 e. The van der Waals surface area contributed by atoms with Gasteiger partial charge in [-0.05, 0) is 25.0 Å². The van der Waals surface area contributed by atoms with Crippen LogP contribution < -0.4 is 9.64 Å². The molecular formula is C16H22N4O3S. The van der Waals surface area contributed by atoms with Crippen molar-refractivity contribution in [1.29, 1.82) is 4.78 Å². The molecule has 24 heavy (non-hydrogen) atoms. The molecule has 0 bridgehead atoms. The molecule has 0 amide bonds. The molecule has 8 heteroatoms. The maximum atomic E-state index is 11.7. The van der Waals surface area contributed by atoms with E-state index in [0.29, 0.717) is 37.3 Å². The number of piperidine rings is 1. The van der Waals surface area contributed by atoms with Crippen LogP contribution in [0.3, 0.4) is 0 Å². The molecule has 130 valence electrons. The van der Waals surface area contributed by atoms with Gasteiger partial charge in [-0.2, -0.15) is 0 Å². The molecule has 0 radical (unpaired) electrons. The Kier molecular flexibility index (Phi) is 4.35. The fourth-order valence-electron chi connectivity index (χ4n) is 3.28. The van der Waals surface area contributed by atoms with Gasteiger partial charge in [0.1, 0.15) is 5.52 Å². The van der Waals surface area contributed by atoms with E-state index in [2.05, 4.69) is 14.9 Å². The summed E-state index contributed by atoms with van der Waals surface area (Å²) in [6.45, 7) is 1.27. The number of hydrogen-bond acceptors (Lipinski definition) is 7. The zero-order chi connectivity index (χ0) is 17.4. The van der Waals surface area contributed by atoms with Crippen molar-refractivity contribution in [3.05, 3.63) is 24.5 Å². The van der Waals surface area contributed by atoms with Crippen molar-refractivity contribution in [2.45, 2.75) is 18.4 Å². The third-order valence-corrected chi connectivity index (χ3v) is 5.46. The summed E-state index contributed by atoms with van der Waals surface area (Å²) in [6, 6.07) is 3.85. The highest BCUT2D eigenvalue weighted by Gasteiger charge is 2.34. The van der Waals surface area contributed by atoms with E-state index in [4.69, 9.17) is 9.52 Å². The van der Waals surface area contributed by atoms with Crippen molar-refractivity contribution in [3.63, 3.8) is 0 Å². The van der Waals surface area contributed by atoms with E-state index in [1.54, 1.807) is 19.5 Å². The van der Waals surface area contributed by atoms with Gasteiger partial charge in [0.2, 0.25) is 5.88 Å². The highest BCUT2D eigenvalue weighted by Crippen LogP contribution is 2.33. The summed E-state index contributed by atoms with van der Waals surface area (Å²) in [5.74, 6) is 0.519. The lowest BCUT2D eigenvalue weighted by atomic mass is 9.93. The second-order valence-electron chi connectivity index (χ2n) is 6.41. The zero-order valence-electron chi connectivity index (χ0n) is 13.9. The SMILES string of the molecule is COc1nccc2c(N3CCC(O)(CS(C)(=N)=O)CC3)ccnc12. The summed E-state index contributed by atoms with van der Waals surface area (Å²) >= 11 is 0. The van der Waals surface area contributed by atoms with Gasteiger partial charge in [0.15, 0.2) is 0 Å². The fourth-order valence-corrected chi connectivity index (χ4v) is 4.60. The van der Waals surface area contributed by atoms with Crippen molar-refractivity contribution in [2.75, 3.05) is 37.1 Å². The van der Waals surface area contributed by atoms with Crippen molar-refractivity contribution < 1.29 is 14.1 Å². The van der Waals surface area contributed by atoms with Gasteiger partial charge in [-0.3, -0.25) is 14.0 Å². The monoisotopic (exact) mass is 350 g/mol. The van der Waals surface area contributed by atoms with Gasteiger partial charge in [0.25, 0.3) is 0 Å². The molecule has 1 aliphatic heterocycles. The van der Waals surface area contributed by atoms with Crippen molar-refractivity contribution >= 4 is 26.3 Å². The lowest BCUT2D eigenvalue weighted by Crippen LogP contribution is -2.48. The minimum Gasteiger partial charge on any atom is -0.479 e.